The third kappa shape index (κ3) is 3.29. The molecule has 0 amide bonds. The quantitative estimate of drug-likeness (QED) is 0.619. The Morgan fingerprint density at radius 1 is 1.26 bits per heavy atom. The van der Waals surface area contributed by atoms with Gasteiger partial charge in [0, 0.05) is 20.9 Å². The number of carbonyl (C=O) groups excluding carboxylic acids is 2. The number of thiophene rings is 1. The second-order valence-electron chi connectivity index (χ2n) is 4.23. The predicted octanol–water partition coefficient (Wildman–Crippen LogP) is 3.44. The molecule has 1 heterocycles. The number of benzene rings is 1. The lowest BCUT2D eigenvalue weighted by Gasteiger charge is -2.05. The third-order valence-corrected chi connectivity index (χ3v) is 3.69. The van der Waals surface area contributed by atoms with Gasteiger partial charge in [0.2, 0.25) is 5.78 Å². The smallest absolute Gasteiger partial charge is 0.201 e. The second kappa shape index (κ2) is 5.80. The molecule has 1 aromatic carbocycles. The molecule has 0 spiro atoms. The lowest BCUT2D eigenvalue weighted by Crippen LogP contribution is -2.11. The van der Waals surface area contributed by atoms with Crippen LogP contribution >= 0.6 is 11.3 Å². The number of hydrogen-bond donors (Lipinski definition) is 0. The number of aldehydes is 1. The molecule has 0 saturated heterocycles. The molecule has 0 N–H and O–H groups in total. The molecule has 0 aliphatic rings. The van der Waals surface area contributed by atoms with E-state index >= 15 is 0 Å². The standard InChI is InChI=1S/C15H14O3S/c1-10-7-14(11(2)19-10)15(17)9-18-13-5-3-12(8-16)4-6-13/h3-8H,9H2,1-2H3. The van der Waals surface area contributed by atoms with Crippen molar-refractivity contribution in [3.8, 4) is 5.75 Å². The summed E-state index contributed by atoms with van der Waals surface area (Å²) in [5.74, 6) is 0.560. The molecule has 0 aliphatic heterocycles. The first-order valence-corrected chi connectivity index (χ1v) is 6.70. The molecule has 4 heteroatoms. The number of carbonyl (C=O) groups is 2. The van der Waals surface area contributed by atoms with E-state index in [2.05, 4.69) is 0 Å². The first-order chi connectivity index (χ1) is 9.10. The topological polar surface area (TPSA) is 43.4 Å². The Kier molecular flexibility index (Phi) is 4.12. The largest absolute Gasteiger partial charge is 0.485 e. The first kappa shape index (κ1) is 13.5. The minimum Gasteiger partial charge on any atom is -0.485 e. The Bertz CT molecular complexity index is 596. The number of ketones is 1. The number of ether oxygens (including phenoxy) is 1. The van der Waals surface area contributed by atoms with Gasteiger partial charge in [0.15, 0.2) is 6.61 Å². The summed E-state index contributed by atoms with van der Waals surface area (Å²) in [4.78, 5) is 24.7. The van der Waals surface area contributed by atoms with Crippen LogP contribution in [0.3, 0.4) is 0 Å². The van der Waals surface area contributed by atoms with Crippen molar-refractivity contribution in [1.82, 2.24) is 0 Å². The summed E-state index contributed by atoms with van der Waals surface area (Å²) >= 11 is 1.61. The highest BCUT2D eigenvalue weighted by atomic mass is 32.1. The zero-order chi connectivity index (χ0) is 13.8. The fraction of sp³-hybridized carbons (Fsp3) is 0.200. The maximum atomic E-state index is 12.0. The zero-order valence-corrected chi connectivity index (χ0v) is 11.6. The van der Waals surface area contributed by atoms with Crippen molar-refractivity contribution < 1.29 is 14.3 Å². The molecule has 98 valence electrons. The van der Waals surface area contributed by atoms with Crippen LogP contribution < -0.4 is 4.74 Å². The Morgan fingerprint density at radius 3 is 2.47 bits per heavy atom. The van der Waals surface area contributed by atoms with Crippen molar-refractivity contribution in [2.24, 2.45) is 0 Å². The zero-order valence-electron chi connectivity index (χ0n) is 10.8. The molecule has 1 aromatic heterocycles. The SMILES string of the molecule is Cc1cc(C(=O)COc2ccc(C=O)cc2)c(C)s1. The number of Topliss-reactive ketones (excluding diaryl/α,β-unsaturated/α-hetero) is 1. The van der Waals surface area contributed by atoms with Crippen LogP contribution in [0.5, 0.6) is 5.75 Å². The molecule has 0 fully saturated rings. The van der Waals surface area contributed by atoms with Gasteiger partial charge in [-0.3, -0.25) is 9.59 Å². The monoisotopic (exact) mass is 274 g/mol. The Hall–Kier alpha value is -1.94. The Morgan fingerprint density at radius 2 is 1.95 bits per heavy atom. The van der Waals surface area contributed by atoms with Crippen molar-refractivity contribution in [3.05, 3.63) is 51.2 Å². The lowest BCUT2D eigenvalue weighted by molar-refractivity contribution is 0.0921. The van der Waals surface area contributed by atoms with Gasteiger partial charge >= 0.3 is 0 Å². The van der Waals surface area contributed by atoms with Gasteiger partial charge in [0.25, 0.3) is 0 Å². The van der Waals surface area contributed by atoms with Gasteiger partial charge in [-0.15, -0.1) is 11.3 Å². The fourth-order valence-corrected chi connectivity index (χ4v) is 2.72. The van der Waals surface area contributed by atoms with E-state index in [4.69, 9.17) is 4.74 Å². The average molecular weight is 274 g/mol. The fourth-order valence-electron chi connectivity index (χ4n) is 1.78. The van der Waals surface area contributed by atoms with Crippen LogP contribution in [0, 0.1) is 13.8 Å². The van der Waals surface area contributed by atoms with Crippen LogP contribution in [0.25, 0.3) is 0 Å². The molecule has 0 radical (unpaired) electrons. The second-order valence-corrected chi connectivity index (χ2v) is 5.69. The van der Waals surface area contributed by atoms with Crippen molar-refractivity contribution in [2.45, 2.75) is 13.8 Å². The summed E-state index contributed by atoms with van der Waals surface area (Å²) < 4.78 is 5.43. The average Bonchev–Trinajstić information content (AvgIpc) is 2.75. The normalized spacial score (nSPS) is 10.2. The Labute approximate surface area is 115 Å². The summed E-state index contributed by atoms with van der Waals surface area (Å²) in [6.45, 7) is 3.93. The molecule has 0 unspecified atom stereocenters. The third-order valence-electron chi connectivity index (χ3n) is 2.73. The van der Waals surface area contributed by atoms with Crippen LogP contribution in [0.15, 0.2) is 30.3 Å². The van der Waals surface area contributed by atoms with E-state index in [-0.39, 0.29) is 12.4 Å². The van der Waals surface area contributed by atoms with Crippen molar-refractivity contribution in [1.29, 1.82) is 0 Å². The van der Waals surface area contributed by atoms with E-state index in [0.29, 0.717) is 11.3 Å². The molecule has 0 aliphatic carbocycles. The van der Waals surface area contributed by atoms with Crippen molar-refractivity contribution in [2.75, 3.05) is 6.61 Å². The van der Waals surface area contributed by atoms with Gasteiger partial charge in [-0.05, 0) is 44.2 Å². The summed E-state index contributed by atoms with van der Waals surface area (Å²) in [6.07, 6.45) is 0.770. The van der Waals surface area contributed by atoms with Crippen molar-refractivity contribution in [3.63, 3.8) is 0 Å². The van der Waals surface area contributed by atoms with E-state index in [0.717, 1.165) is 21.6 Å². The maximum absolute atomic E-state index is 12.0. The number of hydrogen-bond acceptors (Lipinski definition) is 4. The van der Waals surface area contributed by atoms with Crippen LogP contribution in [-0.4, -0.2) is 18.7 Å². The van der Waals surface area contributed by atoms with Gasteiger partial charge in [-0.25, -0.2) is 0 Å². The lowest BCUT2D eigenvalue weighted by atomic mass is 10.2. The highest BCUT2D eigenvalue weighted by molar-refractivity contribution is 7.12. The highest BCUT2D eigenvalue weighted by Gasteiger charge is 2.12. The summed E-state index contributed by atoms with van der Waals surface area (Å²) in [6, 6.07) is 8.58. The van der Waals surface area contributed by atoms with Crippen molar-refractivity contribution >= 4 is 23.4 Å². The van der Waals surface area contributed by atoms with Crippen LogP contribution in [0.2, 0.25) is 0 Å². The van der Waals surface area contributed by atoms with Crippen LogP contribution in [0.1, 0.15) is 30.5 Å². The molecule has 19 heavy (non-hydrogen) atoms. The van der Waals surface area contributed by atoms with E-state index in [1.807, 2.05) is 19.9 Å². The highest BCUT2D eigenvalue weighted by Crippen LogP contribution is 2.21. The summed E-state index contributed by atoms with van der Waals surface area (Å²) in [7, 11) is 0. The maximum Gasteiger partial charge on any atom is 0.201 e. The molecule has 0 bridgehead atoms. The predicted molar refractivity (Wildman–Crippen MR) is 75.4 cm³/mol. The van der Waals surface area contributed by atoms with Gasteiger partial charge in [0.05, 0.1) is 0 Å². The van der Waals surface area contributed by atoms with Gasteiger partial charge < -0.3 is 4.74 Å². The minimum atomic E-state index is -0.0266. The number of rotatable bonds is 5. The van der Waals surface area contributed by atoms with Gasteiger partial charge in [-0.2, -0.15) is 0 Å². The van der Waals surface area contributed by atoms with E-state index in [9.17, 15) is 9.59 Å². The molecule has 3 nitrogen and oxygen atoms in total. The summed E-state index contributed by atoms with van der Waals surface area (Å²) in [5, 5.41) is 0. The Balaban J connectivity index is 2.00. The summed E-state index contributed by atoms with van der Waals surface area (Å²) in [5.41, 5.74) is 1.31. The first-order valence-electron chi connectivity index (χ1n) is 5.88. The van der Waals surface area contributed by atoms with E-state index in [1.54, 1.807) is 35.6 Å². The van der Waals surface area contributed by atoms with Crippen LogP contribution in [-0.2, 0) is 0 Å². The van der Waals surface area contributed by atoms with Gasteiger partial charge in [-0.1, -0.05) is 0 Å². The minimum absolute atomic E-state index is 0.0114. The number of aryl methyl sites for hydroxylation is 2. The van der Waals surface area contributed by atoms with Gasteiger partial charge in [0.1, 0.15) is 12.0 Å². The van der Waals surface area contributed by atoms with E-state index in [1.165, 1.54) is 0 Å². The molecule has 0 saturated carbocycles. The van der Waals surface area contributed by atoms with E-state index < -0.39 is 0 Å². The molecular weight excluding hydrogens is 260 g/mol. The van der Waals surface area contributed by atoms with Crippen LogP contribution in [0.4, 0.5) is 0 Å². The molecule has 0 atom stereocenters. The molecule has 2 rings (SSSR count). The molecular formula is C15H14O3S. The molecule has 2 aromatic rings.